The number of ketones is 1. The Bertz CT molecular complexity index is 1390. The van der Waals surface area contributed by atoms with Crippen molar-refractivity contribution in [3.63, 3.8) is 0 Å². The van der Waals surface area contributed by atoms with Crippen LogP contribution < -0.4 is 10.2 Å². The van der Waals surface area contributed by atoms with Crippen molar-refractivity contribution in [2.45, 2.75) is 57.4 Å². The topological polar surface area (TPSA) is 75.7 Å². The number of Topliss-reactive ketones (excluding diaryl/α,β-unsaturated/α-hetero) is 1. The molecule has 0 saturated heterocycles. The molecule has 1 amide bonds. The summed E-state index contributed by atoms with van der Waals surface area (Å²) in [5, 5.41) is 3.57. The van der Waals surface area contributed by atoms with Gasteiger partial charge in [-0.05, 0) is 54.2 Å². The molecule has 1 N–H and O–H groups in total. The minimum atomic E-state index is -0.610. The first kappa shape index (κ1) is 26.4. The van der Waals surface area contributed by atoms with Crippen molar-refractivity contribution < 1.29 is 19.1 Å². The number of esters is 1. The first-order chi connectivity index (χ1) is 19.0. The summed E-state index contributed by atoms with van der Waals surface area (Å²) in [5.74, 6) is -0.377. The lowest BCUT2D eigenvalue weighted by Gasteiger charge is -2.35. The molecule has 39 heavy (non-hydrogen) atoms. The number of nitrogens with one attached hydrogen (secondary N) is 1. The van der Waals surface area contributed by atoms with Gasteiger partial charge in [-0.15, -0.1) is 0 Å². The Balaban J connectivity index is 1.66. The lowest BCUT2D eigenvalue weighted by atomic mass is 9.78. The first-order valence-electron chi connectivity index (χ1n) is 13.7. The normalized spacial score (nSPS) is 18.5. The van der Waals surface area contributed by atoms with Crippen LogP contribution in [0.2, 0.25) is 0 Å². The number of fused-ring (bicyclic) bond motifs is 1. The molecule has 6 nitrogen and oxygen atoms in total. The maximum absolute atomic E-state index is 14.0. The lowest BCUT2D eigenvalue weighted by Crippen LogP contribution is -2.38. The smallest absolute Gasteiger partial charge is 0.337 e. The van der Waals surface area contributed by atoms with E-state index >= 15 is 0 Å². The van der Waals surface area contributed by atoms with E-state index in [1.165, 1.54) is 7.11 Å². The van der Waals surface area contributed by atoms with Crippen LogP contribution in [-0.2, 0) is 14.3 Å². The lowest BCUT2D eigenvalue weighted by molar-refractivity contribution is -0.119. The Morgan fingerprint density at radius 2 is 1.62 bits per heavy atom. The number of methoxy groups -OCH3 is 1. The number of anilines is 2. The monoisotopic (exact) mass is 522 g/mol. The Kier molecular flexibility index (Phi) is 7.92. The third kappa shape index (κ3) is 5.37. The largest absolute Gasteiger partial charge is 0.465 e. The Morgan fingerprint density at radius 3 is 2.33 bits per heavy atom. The zero-order chi connectivity index (χ0) is 27.4. The molecule has 2 atom stereocenters. The number of ether oxygens (including phenoxy) is 1. The number of rotatable bonds is 7. The molecule has 5 rings (SSSR count). The van der Waals surface area contributed by atoms with Crippen LogP contribution in [0.4, 0.5) is 11.4 Å². The van der Waals surface area contributed by atoms with Gasteiger partial charge in [0.05, 0.1) is 30.1 Å². The number of benzene rings is 3. The number of carbonyl (C=O) groups is 3. The van der Waals surface area contributed by atoms with E-state index in [0.717, 1.165) is 47.5 Å². The van der Waals surface area contributed by atoms with Gasteiger partial charge < -0.3 is 10.1 Å². The molecule has 2 aliphatic rings. The first-order valence-corrected chi connectivity index (χ1v) is 13.7. The zero-order valence-corrected chi connectivity index (χ0v) is 22.5. The summed E-state index contributed by atoms with van der Waals surface area (Å²) in [5.41, 5.74) is 5.35. The molecule has 1 aliphatic carbocycles. The average Bonchev–Trinajstić information content (AvgIpc) is 3.12. The van der Waals surface area contributed by atoms with E-state index in [2.05, 4.69) is 24.4 Å². The quantitative estimate of drug-likeness (QED) is 0.268. The van der Waals surface area contributed by atoms with Crippen LogP contribution in [0.3, 0.4) is 0 Å². The molecule has 3 aromatic carbocycles. The molecule has 0 unspecified atom stereocenters. The number of hydrogen-bond acceptors (Lipinski definition) is 5. The van der Waals surface area contributed by atoms with Gasteiger partial charge in [-0.1, -0.05) is 74.4 Å². The van der Waals surface area contributed by atoms with Gasteiger partial charge in [0, 0.05) is 24.1 Å². The number of unbranched alkanes of at least 4 members (excludes halogenated alkanes) is 2. The summed E-state index contributed by atoms with van der Waals surface area (Å²) in [6, 6.07) is 24.3. The summed E-state index contributed by atoms with van der Waals surface area (Å²) in [7, 11) is 1.35. The van der Waals surface area contributed by atoms with Crippen molar-refractivity contribution in [3.8, 4) is 0 Å². The van der Waals surface area contributed by atoms with Gasteiger partial charge in [0.2, 0.25) is 5.91 Å². The van der Waals surface area contributed by atoms with Gasteiger partial charge in [0.1, 0.15) is 0 Å². The van der Waals surface area contributed by atoms with Gasteiger partial charge in [-0.25, -0.2) is 4.79 Å². The third-order valence-electron chi connectivity index (χ3n) is 7.67. The van der Waals surface area contributed by atoms with Gasteiger partial charge >= 0.3 is 5.97 Å². The van der Waals surface area contributed by atoms with Crippen LogP contribution in [0.1, 0.15) is 78.9 Å². The molecule has 0 spiro atoms. The molecule has 0 saturated carbocycles. The molecule has 6 heteroatoms. The highest BCUT2D eigenvalue weighted by Crippen LogP contribution is 2.47. The molecule has 0 aromatic heterocycles. The maximum Gasteiger partial charge on any atom is 0.337 e. The van der Waals surface area contributed by atoms with Crippen LogP contribution >= 0.6 is 0 Å². The SMILES string of the molecule is CCCCCC(=O)N1c2ccccc2NC2=C(C(=O)C[C@H](c3ccccc3)C2)[C@H]1c1ccc(C(=O)OC)cc1. The minimum absolute atomic E-state index is 0.0218. The highest BCUT2D eigenvalue weighted by Gasteiger charge is 2.41. The van der Waals surface area contributed by atoms with Crippen molar-refractivity contribution in [3.05, 3.63) is 107 Å². The molecule has 1 aliphatic heterocycles. The second kappa shape index (κ2) is 11.7. The Labute approximate surface area is 229 Å². The van der Waals surface area contributed by atoms with E-state index in [4.69, 9.17) is 4.74 Å². The van der Waals surface area contributed by atoms with Crippen molar-refractivity contribution in [2.75, 3.05) is 17.3 Å². The fourth-order valence-electron chi connectivity index (χ4n) is 5.71. The second-order valence-electron chi connectivity index (χ2n) is 10.2. The molecule has 200 valence electrons. The van der Waals surface area contributed by atoms with Crippen LogP contribution in [0.15, 0.2) is 90.1 Å². The Hall–Kier alpha value is -4.19. The summed E-state index contributed by atoms with van der Waals surface area (Å²) in [6.45, 7) is 2.11. The van der Waals surface area contributed by atoms with E-state index in [-0.39, 0.29) is 17.6 Å². The zero-order valence-electron chi connectivity index (χ0n) is 22.5. The fraction of sp³-hybridized carbons (Fsp3) is 0.303. The number of carbonyl (C=O) groups excluding carboxylic acids is 3. The van der Waals surface area contributed by atoms with Gasteiger partial charge in [0.15, 0.2) is 5.78 Å². The van der Waals surface area contributed by atoms with Gasteiger partial charge in [-0.3, -0.25) is 14.5 Å². The molecule has 0 bridgehead atoms. The Morgan fingerprint density at radius 1 is 0.897 bits per heavy atom. The van der Waals surface area contributed by atoms with Crippen molar-refractivity contribution in [2.24, 2.45) is 0 Å². The summed E-state index contributed by atoms with van der Waals surface area (Å²) >= 11 is 0. The molecule has 0 radical (unpaired) electrons. The average molecular weight is 523 g/mol. The number of para-hydroxylation sites is 2. The highest BCUT2D eigenvalue weighted by molar-refractivity contribution is 6.06. The third-order valence-corrected chi connectivity index (χ3v) is 7.67. The molecular weight excluding hydrogens is 488 g/mol. The van der Waals surface area contributed by atoms with Crippen molar-refractivity contribution >= 4 is 29.0 Å². The van der Waals surface area contributed by atoms with Crippen LogP contribution in [0.25, 0.3) is 0 Å². The van der Waals surface area contributed by atoms with Crippen molar-refractivity contribution in [1.29, 1.82) is 0 Å². The summed E-state index contributed by atoms with van der Waals surface area (Å²) in [4.78, 5) is 41.9. The second-order valence-corrected chi connectivity index (χ2v) is 10.2. The summed E-state index contributed by atoms with van der Waals surface area (Å²) in [6.07, 6.45) is 4.18. The molecule has 1 heterocycles. The predicted molar refractivity (Wildman–Crippen MR) is 153 cm³/mol. The number of nitrogens with zero attached hydrogens (tertiary/aromatic N) is 1. The molecular formula is C33H34N2O4. The molecule has 3 aromatic rings. The van der Waals surface area contributed by atoms with E-state index in [1.54, 1.807) is 17.0 Å². The van der Waals surface area contributed by atoms with Crippen LogP contribution in [0.5, 0.6) is 0 Å². The highest BCUT2D eigenvalue weighted by atomic mass is 16.5. The minimum Gasteiger partial charge on any atom is -0.465 e. The number of allylic oxidation sites excluding steroid dienone is 1. The summed E-state index contributed by atoms with van der Waals surface area (Å²) < 4.78 is 4.88. The van der Waals surface area contributed by atoms with E-state index in [9.17, 15) is 14.4 Å². The molecule has 0 fully saturated rings. The standard InChI is InChI=1S/C33H34N2O4/c1-3-4-6-15-30(37)35-28-14-10-9-13-26(28)34-27-20-25(22-11-7-5-8-12-22)21-29(36)31(27)32(35)23-16-18-24(19-17-23)33(38)39-2/h5,7-14,16-19,25,32,34H,3-4,6,15,20-21H2,1-2H3/t25-,32-/m1/s1. The van der Waals surface area contributed by atoms with E-state index in [1.807, 2.05) is 54.6 Å². The number of amides is 1. The fourth-order valence-corrected chi connectivity index (χ4v) is 5.71. The maximum atomic E-state index is 14.0. The van der Waals surface area contributed by atoms with Crippen LogP contribution in [0, 0.1) is 0 Å². The van der Waals surface area contributed by atoms with E-state index in [0.29, 0.717) is 30.4 Å². The van der Waals surface area contributed by atoms with Crippen molar-refractivity contribution in [1.82, 2.24) is 0 Å². The van der Waals surface area contributed by atoms with E-state index < -0.39 is 12.0 Å². The van der Waals surface area contributed by atoms with Gasteiger partial charge in [-0.2, -0.15) is 0 Å². The van der Waals surface area contributed by atoms with Gasteiger partial charge in [0.25, 0.3) is 0 Å². The number of hydrogen-bond donors (Lipinski definition) is 1. The predicted octanol–water partition coefficient (Wildman–Crippen LogP) is 6.95. The van der Waals surface area contributed by atoms with Crippen LogP contribution in [-0.4, -0.2) is 24.8 Å².